The number of ether oxygens (including phenoxy) is 7. The second-order valence-corrected chi connectivity index (χ2v) is 17.9. The van der Waals surface area contributed by atoms with Crippen LogP contribution in [0.4, 0.5) is 4.79 Å². The molecule has 0 aromatic rings. The Morgan fingerprint density at radius 1 is 0.538 bits per heavy atom. The van der Waals surface area contributed by atoms with E-state index < -0.39 is 30.3 Å². The number of carbonyl (C=O) groups excluding carboxylic acids is 4. The van der Waals surface area contributed by atoms with Gasteiger partial charge in [-0.25, -0.2) is 4.79 Å². The predicted octanol–water partition coefficient (Wildman–Crippen LogP) is 12.6. The van der Waals surface area contributed by atoms with Crippen molar-refractivity contribution in [3.8, 4) is 0 Å². The molecule has 1 aliphatic rings. The Labute approximate surface area is 396 Å². The molecule has 1 heterocycles. The van der Waals surface area contributed by atoms with Crippen molar-refractivity contribution in [2.24, 2.45) is 17.8 Å². The molecule has 378 valence electrons. The second-order valence-electron chi connectivity index (χ2n) is 17.9. The first kappa shape index (κ1) is 60.1. The number of hydrogen-bond donors (Lipinski definition) is 0. The van der Waals surface area contributed by atoms with Crippen LogP contribution >= 0.6 is 0 Å². The van der Waals surface area contributed by atoms with Crippen molar-refractivity contribution in [3.05, 3.63) is 24.3 Å². The molecule has 12 nitrogen and oxygen atoms in total. The Kier molecular flexibility index (Phi) is 40.3. The Morgan fingerprint density at radius 3 is 1.74 bits per heavy atom. The molecule has 0 spiro atoms. The van der Waals surface area contributed by atoms with Crippen molar-refractivity contribution in [2.75, 3.05) is 65.9 Å². The van der Waals surface area contributed by atoms with Crippen LogP contribution in [0, 0.1) is 17.8 Å². The van der Waals surface area contributed by atoms with E-state index in [1.165, 1.54) is 51.4 Å². The summed E-state index contributed by atoms with van der Waals surface area (Å²) in [5, 5.41) is 0. The highest BCUT2D eigenvalue weighted by molar-refractivity contribution is 5.70. The highest BCUT2D eigenvalue weighted by Gasteiger charge is 2.23. The largest absolute Gasteiger partial charge is 0.508 e. The number of carbonyl (C=O) groups is 4. The summed E-state index contributed by atoms with van der Waals surface area (Å²) in [7, 11) is 0. The van der Waals surface area contributed by atoms with Crippen LogP contribution in [0.5, 0.6) is 0 Å². The molecule has 0 aromatic carbocycles. The molecule has 0 bridgehead atoms. The van der Waals surface area contributed by atoms with Crippen LogP contribution in [-0.2, 0) is 47.5 Å². The number of esters is 3. The maximum absolute atomic E-state index is 13.0. The van der Waals surface area contributed by atoms with E-state index in [0.29, 0.717) is 57.8 Å². The standard InChI is InChI=1S/C53H95NO11/c1-6-11-15-18-20-26-38-60-52(61-39-27-21-19-16-12-7-2)35-34-51(57)63-44-48(45-65-53(58)64-42-47-31-28-37-54(10-5)41-47)43-62-50(56)33-25-22-24-32-49(55)59-40-36-46(29-14-9-4)30-23-17-13-8-3/h11-12,15-16,46-48,52H,6-10,13-14,17-45H2,1-5H3/b15-11-,16-12?. The first-order valence-electron chi connectivity index (χ1n) is 26.3. The lowest BCUT2D eigenvalue weighted by atomic mass is 9.92. The summed E-state index contributed by atoms with van der Waals surface area (Å²) < 4.78 is 39.8. The molecule has 4 unspecified atom stereocenters. The quantitative estimate of drug-likeness (QED) is 0.0189. The average molecular weight is 922 g/mol. The lowest BCUT2D eigenvalue weighted by Gasteiger charge is -2.31. The normalized spacial score (nSPS) is 15.8. The molecule has 1 aliphatic heterocycles. The monoisotopic (exact) mass is 922 g/mol. The molecule has 0 radical (unpaired) electrons. The van der Waals surface area contributed by atoms with E-state index in [-0.39, 0.29) is 51.2 Å². The van der Waals surface area contributed by atoms with E-state index in [1.54, 1.807) is 0 Å². The fourth-order valence-corrected chi connectivity index (χ4v) is 7.79. The van der Waals surface area contributed by atoms with E-state index in [1.807, 2.05) is 0 Å². The first-order chi connectivity index (χ1) is 31.7. The number of allylic oxidation sites excluding steroid dienone is 4. The first-order valence-corrected chi connectivity index (χ1v) is 26.3. The Bertz CT molecular complexity index is 1200. The smallest absolute Gasteiger partial charge is 0.466 e. The number of likely N-dealkylation sites (tertiary alicyclic amines) is 1. The number of piperidine rings is 1. The maximum Gasteiger partial charge on any atom is 0.508 e. The molecule has 12 heteroatoms. The predicted molar refractivity (Wildman–Crippen MR) is 259 cm³/mol. The van der Waals surface area contributed by atoms with Crippen LogP contribution in [0.15, 0.2) is 24.3 Å². The van der Waals surface area contributed by atoms with Gasteiger partial charge in [-0.05, 0) is 102 Å². The van der Waals surface area contributed by atoms with Crippen molar-refractivity contribution in [2.45, 2.75) is 208 Å². The zero-order chi connectivity index (χ0) is 47.4. The van der Waals surface area contributed by atoms with Crippen LogP contribution in [0.2, 0.25) is 0 Å². The molecule has 0 aromatic heterocycles. The van der Waals surface area contributed by atoms with E-state index in [2.05, 4.69) is 63.8 Å². The van der Waals surface area contributed by atoms with Crippen LogP contribution in [-0.4, -0.2) is 101 Å². The van der Waals surface area contributed by atoms with Gasteiger partial charge in [0.15, 0.2) is 6.29 Å². The molecule has 0 saturated carbocycles. The molecule has 1 fully saturated rings. The van der Waals surface area contributed by atoms with Gasteiger partial charge in [0, 0.05) is 44.9 Å². The van der Waals surface area contributed by atoms with Crippen molar-refractivity contribution in [3.63, 3.8) is 0 Å². The van der Waals surface area contributed by atoms with E-state index in [0.717, 1.165) is 90.3 Å². The minimum atomic E-state index is -0.793. The van der Waals surface area contributed by atoms with Crippen LogP contribution in [0.3, 0.4) is 0 Å². The Balaban J connectivity index is 2.62. The minimum Gasteiger partial charge on any atom is -0.466 e. The Morgan fingerprint density at radius 2 is 1.12 bits per heavy atom. The number of nitrogens with zero attached hydrogens (tertiary/aromatic N) is 1. The van der Waals surface area contributed by atoms with Crippen LogP contribution in [0.25, 0.3) is 0 Å². The second kappa shape index (κ2) is 43.6. The lowest BCUT2D eigenvalue weighted by Crippen LogP contribution is -2.37. The zero-order valence-corrected chi connectivity index (χ0v) is 42.0. The molecule has 4 atom stereocenters. The third kappa shape index (κ3) is 36.8. The molecule has 1 saturated heterocycles. The third-order valence-electron chi connectivity index (χ3n) is 11.9. The summed E-state index contributed by atoms with van der Waals surface area (Å²) in [6.45, 7) is 15.2. The number of rotatable bonds is 43. The molecular formula is C53H95NO11. The van der Waals surface area contributed by atoms with Gasteiger partial charge < -0.3 is 38.1 Å². The van der Waals surface area contributed by atoms with Gasteiger partial charge in [0.25, 0.3) is 0 Å². The average Bonchev–Trinajstić information content (AvgIpc) is 3.31. The molecule has 0 amide bonds. The highest BCUT2D eigenvalue weighted by atomic mass is 16.7. The highest BCUT2D eigenvalue weighted by Crippen LogP contribution is 2.21. The van der Waals surface area contributed by atoms with Gasteiger partial charge in [-0.3, -0.25) is 14.4 Å². The number of unbranched alkanes of at least 4 members (excludes halogenated alkanes) is 10. The number of hydrogen-bond acceptors (Lipinski definition) is 12. The third-order valence-corrected chi connectivity index (χ3v) is 11.9. The van der Waals surface area contributed by atoms with Gasteiger partial charge in [-0.15, -0.1) is 0 Å². The van der Waals surface area contributed by atoms with Gasteiger partial charge in [0.1, 0.15) is 19.8 Å². The summed E-state index contributed by atoms with van der Waals surface area (Å²) in [5.41, 5.74) is 0. The van der Waals surface area contributed by atoms with Gasteiger partial charge >= 0.3 is 24.1 Å². The van der Waals surface area contributed by atoms with Gasteiger partial charge in [-0.2, -0.15) is 0 Å². The fraction of sp³-hybridized carbons (Fsp3) is 0.849. The molecule has 65 heavy (non-hydrogen) atoms. The molecule has 0 N–H and O–H groups in total. The SMILES string of the molecule is CCC=CCCCCOC(CCC(=O)OCC(COC(=O)CCCCCC(=O)OCCC(CCCC)CCCCCC)COC(=O)OCC1CCCN(CC)C1)OCCCC/C=C\CC. The summed E-state index contributed by atoms with van der Waals surface area (Å²) >= 11 is 0. The van der Waals surface area contributed by atoms with Crippen molar-refractivity contribution in [1.82, 2.24) is 4.90 Å². The zero-order valence-electron chi connectivity index (χ0n) is 42.0. The van der Waals surface area contributed by atoms with Crippen LogP contribution in [0.1, 0.15) is 202 Å². The molecule has 0 aliphatic carbocycles. The van der Waals surface area contributed by atoms with Crippen molar-refractivity contribution >= 4 is 24.1 Å². The van der Waals surface area contributed by atoms with Crippen LogP contribution < -0.4 is 0 Å². The van der Waals surface area contributed by atoms with Gasteiger partial charge in [0.05, 0.1) is 25.6 Å². The Hall–Kier alpha value is -2.96. The lowest BCUT2D eigenvalue weighted by molar-refractivity contribution is -0.161. The summed E-state index contributed by atoms with van der Waals surface area (Å²) in [4.78, 5) is 53.2. The van der Waals surface area contributed by atoms with Crippen molar-refractivity contribution < 1.29 is 52.3 Å². The topological polar surface area (TPSA) is 136 Å². The maximum atomic E-state index is 13.0. The van der Waals surface area contributed by atoms with E-state index in [4.69, 9.17) is 33.2 Å². The summed E-state index contributed by atoms with van der Waals surface area (Å²) in [6.07, 6.45) is 31.0. The summed E-state index contributed by atoms with van der Waals surface area (Å²) in [5.74, 6) is -0.741. The minimum absolute atomic E-state index is 0.0842. The fourth-order valence-electron chi connectivity index (χ4n) is 7.79. The summed E-state index contributed by atoms with van der Waals surface area (Å²) in [6, 6.07) is 0. The van der Waals surface area contributed by atoms with Crippen molar-refractivity contribution in [1.29, 1.82) is 0 Å². The van der Waals surface area contributed by atoms with Gasteiger partial charge in [-0.1, -0.05) is 117 Å². The molecular weight excluding hydrogens is 827 g/mol. The van der Waals surface area contributed by atoms with E-state index >= 15 is 0 Å². The van der Waals surface area contributed by atoms with Gasteiger partial charge in [0.2, 0.25) is 0 Å². The van der Waals surface area contributed by atoms with E-state index in [9.17, 15) is 19.2 Å². The molecule has 1 rings (SSSR count).